The summed E-state index contributed by atoms with van der Waals surface area (Å²) in [4.78, 5) is 16.4. The molecule has 2 aromatic rings. The molecule has 1 heterocycles. The van der Waals surface area contributed by atoms with Crippen molar-refractivity contribution in [2.45, 2.75) is 0 Å². The molecule has 8 nitrogen and oxygen atoms in total. The summed E-state index contributed by atoms with van der Waals surface area (Å²) in [6, 6.07) is 4.65. The molecule has 1 aromatic carbocycles. The number of fused-ring (bicyclic) bond motifs is 1. The van der Waals surface area contributed by atoms with E-state index < -0.39 is 4.92 Å². The van der Waals surface area contributed by atoms with Crippen LogP contribution in [0, 0.1) is 10.1 Å². The molecule has 0 radical (unpaired) electrons. The quantitative estimate of drug-likeness (QED) is 0.450. The summed E-state index contributed by atoms with van der Waals surface area (Å²) in [7, 11) is 3.97. The van der Waals surface area contributed by atoms with Crippen molar-refractivity contribution in [3.05, 3.63) is 28.3 Å². The van der Waals surface area contributed by atoms with E-state index in [-0.39, 0.29) is 5.69 Å². The standard InChI is InChI=1S/C13H18N4O4/c1-16(2)6-8-20-7-5-14-13-15-11-9-10(17(18)19)3-4-12(11)21-13/h3-4,9H,5-8H2,1-2H3,(H,14,15). The van der Waals surface area contributed by atoms with E-state index in [4.69, 9.17) is 9.15 Å². The van der Waals surface area contributed by atoms with Crippen molar-refractivity contribution in [3.63, 3.8) is 0 Å². The van der Waals surface area contributed by atoms with Crippen molar-refractivity contribution in [1.82, 2.24) is 9.88 Å². The van der Waals surface area contributed by atoms with Crippen LogP contribution in [0.5, 0.6) is 0 Å². The molecule has 0 saturated heterocycles. The van der Waals surface area contributed by atoms with Crippen LogP contribution < -0.4 is 5.32 Å². The fourth-order valence-electron chi connectivity index (χ4n) is 1.68. The summed E-state index contributed by atoms with van der Waals surface area (Å²) in [5.41, 5.74) is 0.964. The van der Waals surface area contributed by atoms with E-state index in [1.54, 1.807) is 6.07 Å². The number of nitro benzene ring substituents is 1. The Morgan fingerprint density at radius 2 is 2.24 bits per heavy atom. The Bertz CT molecular complexity index is 611. The van der Waals surface area contributed by atoms with Gasteiger partial charge in [-0.05, 0) is 20.2 Å². The smallest absolute Gasteiger partial charge is 0.295 e. The summed E-state index contributed by atoms with van der Waals surface area (Å²) in [6.07, 6.45) is 0. The van der Waals surface area contributed by atoms with E-state index in [1.807, 2.05) is 19.0 Å². The predicted octanol–water partition coefficient (Wildman–Crippen LogP) is 1.73. The molecule has 0 atom stereocenters. The first-order valence-corrected chi connectivity index (χ1v) is 6.57. The number of hydrogen-bond acceptors (Lipinski definition) is 7. The lowest BCUT2D eigenvalue weighted by Gasteiger charge is -2.09. The van der Waals surface area contributed by atoms with Crippen LogP contribution in [0.3, 0.4) is 0 Å². The first kappa shape index (κ1) is 15.2. The van der Waals surface area contributed by atoms with Crippen molar-refractivity contribution < 1.29 is 14.1 Å². The van der Waals surface area contributed by atoms with Gasteiger partial charge in [-0.25, -0.2) is 0 Å². The average Bonchev–Trinajstić information content (AvgIpc) is 2.83. The second-order valence-corrected chi connectivity index (χ2v) is 4.77. The highest BCUT2D eigenvalue weighted by Crippen LogP contribution is 2.23. The van der Waals surface area contributed by atoms with Crippen molar-refractivity contribution in [1.29, 1.82) is 0 Å². The third-order valence-corrected chi connectivity index (χ3v) is 2.79. The lowest BCUT2D eigenvalue weighted by molar-refractivity contribution is -0.384. The molecule has 0 aliphatic carbocycles. The Kier molecular flexibility index (Phi) is 5.07. The number of ether oxygens (including phenoxy) is 1. The molecule has 8 heteroatoms. The molecule has 1 aromatic heterocycles. The molecule has 0 bridgehead atoms. The van der Waals surface area contributed by atoms with Gasteiger partial charge < -0.3 is 19.4 Å². The van der Waals surface area contributed by atoms with Crippen LogP contribution in [-0.2, 0) is 4.74 Å². The molecule has 21 heavy (non-hydrogen) atoms. The van der Waals surface area contributed by atoms with Gasteiger partial charge in [0.1, 0.15) is 5.52 Å². The minimum atomic E-state index is -0.459. The Hall–Kier alpha value is -2.19. The molecule has 114 valence electrons. The van der Waals surface area contributed by atoms with Gasteiger partial charge in [-0.15, -0.1) is 0 Å². The Labute approximate surface area is 121 Å². The summed E-state index contributed by atoms with van der Waals surface area (Å²) in [6.45, 7) is 2.62. The first-order valence-electron chi connectivity index (χ1n) is 6.57. The lowest BCUT2D eigenvalue weighted by atomic mass is 10.3. The maximum absolute atomic E-state index is 10.7. The number of rotatable bonds is 8. The molecule has 1 N–H and O–H groups in total. The van der Waals surface area contributed by atoms with E-state index in [1.165, 1.54) is 12.1 Å². The summed E-state index contributed by atoms with van der Waals surface area (Å²) < 4.78 is 10.9. The normalized spacial score (nSPS) is 11.2. The number of benzene rings is 1. The summed E-state index contributed by atoms with van der Waals surface area (Å²) in [5.74, 6) is 0. The third-order valence-electron chi connectivity index (χ3n) is 2.79. The number of nitro groups is 1. The number of non-ortho nitro benzene ring substituents is 1. The molecule has 0 fully saturated rings. The third kappa shape index (κ3) is 4.40. The van der Waals surface area contributed by atoms with Crippen LogP contribution in [0.25, 0.3) is 11.1 Å². The molecule has 0 unspecified atom stereocenters. The van der Waals surface area contributed by atoms with E-state index >= 15 is 0 Å². The molecule has 0 saturated carbocycles. The highest BCUT2D eigenvalue weighted by atomic mass is 16.6. The minimum absolute atomic E-state index is 0.00521. The van der Waals surface area contributed by atoms with Crippen molar-refractivity contribution >= 4 is 22.8 Å². The minimum Gasteiger partial charge on any atom is -0.424 e. The maximum atomic E-state index is 10.7. The lowest BCUT2D eigenvalue weighted by Crippen LogP contribution is -2.20. The van der Waals surface area contributed by atoms with Crippen molar-refractivity contribution in [2.24, 2.45) is 0 Å². The van der Waals surface area contributed by atoms with E-state index in [0.29, 0.717) is 36.9 Å². The zero-order valence-electron chi connectivity index (χ0n) is 12.0. The van der Waals surface area contributed by atoms with Gasteiger partial charge in [-0.2, -0.15) is 4.98 Å². The fourth-order valence-corrected chi connectivity index (χ4v) is 1.68. The predicted molar refractivity (Wildman–Crippen MR) is 78.5 cm³/mol. The van der Waals surface area contributed by atoms with Gasteiger partial charge in [0.25, 0.3) is 11.7 Å². The molecule has 0 aliphatic rings. The van der Waals surface area contributed by atoms with Crippen LogP contribution in [0.15, 0.2) is 22.6 Å². The molecule has 0 spiro atoms. The maximum Gasteiger partial charge on any atom is 0.295 e. The van der Waals surface area contributed by atoms with Gasteiger partial charge in [-0.3, -0.25) is 10.1 Å². The average molecular weight is 294 g/mol. The number of anilines is 1. The van der Waals surface area contributed by atoms with Crippen LogP contribution in [0.1, 0.15) is 0 Å². The molecule has 2 rings (SSSR count). The molecular formula is C13H18N4O4. The first-order chi connectivity index (χ1) is 10.1. The number of nitrogens with zero attached hydrogens (tertiary/aromatic N) is 3. The highest BCUT2D eigenvalue weighted by molar-refractivity contribution is 5.77. The van der Waals surface area contributed by atoms with Gasteiger partial charge in [-0.1, -0.05) is 0 Å². The second-order valence-electron chi connectivity index (χ2n) is 4.77. The monoisotopic (exact) mass is 294 g/mol. The second kappa shape index (κ2) is 7.00. The largest absolute Gasteiger partial charge is 0.424 e. The van der Waals surface area contributed by atoms with E-state index in [2.05, 4.69) is 10.3 Å². The van der Waals surface area contributed by atoms with Gasteiger partial charge in [0, 0.05) is 25.2 Å². The van der Waals surface area contributed by atoms with Gasteiger partial charge in [0.2, 0.25) is 0 Å². The fraction of sp³-hybridized carbons (Fsp3) is 0.462. The molecule has 0 aliphatic heterocycles. The molecule has 0 amide bonds. The number of nitrogens with one attached hydrogen (secondary N) is 1. The Morgan fingerprint density at radius 1 is 1.43 bits per heavy atom. The summed E-state index contributed by atoms with van der Waals surface area (Å²) >= 11 is 0. The topological polar surface area (TPSA) is 93.7 Å². The number of aromatic nitrogens is 1. The van der Waals surface area contributed by atoms with Gasteiger partial charge >= 0.3 is 0 Å². The van der Waals surface area contributed by atoms with E-state index in [0.717, 1.165) is 6.54 Å². The van der Waals surface area contributed by atoms with Crippen molar-refractivity contribution in [2.75, 3.05) is 45.7 Å². The van der Waals surface area contributed by atoms with E-state index in [9.17, 15) is 10.1 Å². The zero-order valence-corrected chi connectivity index (χ0v) is 12.0. The van der Waals surface area contributed by atoms with Crippen LogP contribution in [-0.4, -0.2) is 55.2 Å². The SMILES string of the molecule is CN(C)CCOCCNc1nc2cc([N+](=O)[O-])ccc2o1. The van der Waals surface area contributed by atoms with Crippen molar-refractivity contribution in [3.8, 4) is 0 Å². The zero-order chi connectivity index (χ0) is 15.2. The number of likely N-dealkylation sites (N-methyl/N-ethyl adjacent to an activating group) is 1. The Morgan fingerprint density at radius 3 is 2.95 bits per heavy atom. The number of oxazole rings is 1. The van der Waals surface area contributed by atoms with Crippen LogP contribution in [0.2, 0.25) is 0 Å². The van der Waals surface area contributed by atoms with Crippen LogP contribution >= 0.6 is 0 Å². The summed E-state index contributed by atoms with van der Waals surface area (Å²) in [5, 5.41) is 13.7. The van der Waals surface area contributed by atoms with Gasteiger partial charge in [0.05, 0.1) is 18.1 Å². The van der Waals surface area contributed by atoms with Crippen LogP contribution in [0.4, 0.5) is 11.7 Å². The van der Waals surface area contributed by atoms with Gasteiger partial charge in [0.15, 0.2) is 5.58 Å². The highest BCUT2D eigenvalue weighted by Gasteiger charge is 2.11. The Balaban J connectivity index is 1.84. The number of hydrogen-bond donors (Lipinski definition) is 1. The molecular weight excluding hydrogens is 276 g/mol.